The first-order valence-electron chi connectivity index (χ1n) is 12.5. The molecule has 2 aromatic heterocycles. The standard InChI is InChI=1S/C28H28F3N5O2S/c1-15-11-36(12-16(2)35(15)4)24-10-21(29)18(17-5-6-25-23(7-17)32-14-39-25)8-22(24)33-28(38)20-13-34(3)26(37)9-19(20)27(30)31/h5-10,13-16,27H,11-12H2,1-4H3,(H,33,38)/t15-,16+. The lowest BCUT2D eigenvalue weighted by Gasteiger charge is -2.44. The van der Waals surface area contributed by atoms with Crippen LogP contribution in [0, 0.1) is 5.82 Å². The average Bonchev–Trinajstić information content (AvgIpc) is 3.37. The Morgan fingerprint density at radius 1 is 1.10 bits per heavy atom. The Hall–Kier alpha value is -3.70. The normalized spacial score (nSPS) is 18.2. The summed E-state index contributed by atoms with van der Waals surface area (Å²) in [5, 5.41) is 2.75. The quantitative estimate of drug-likeness (QED) is 0.351. The van der Waals surface area contributed by atoms with E-state index >= 15 is 4.39 Å². The third kappa shape index (κ3) is 5.16. The number of piperazine rings is 1. The topological polar surface area (TPSA) is 70.5 Å². The van der Waals surface area contributed by atoms with Gasteiger partial charge in [-0.25, -0.2) is 18.2 Å². The lowest BCUT2D eigenvalue weighted by Crippen LogP contribution is -2.55. The highest BCUT2D eigenvalue weighted by atomic mass is 32.1. The van der Waals surface area contributed by atoms with Crippen LogP contribution in [0.5, 0.6) is 0 Å². The first-order chi connectivity index (χ1) is 18.5. The number of nitrogens with one attached hydrogen (secondary N) is 1. The van der Waals surface area contributed by atoms with Gasteiger partial charge in [0.25, 0.3) is 17.9 Å². The van der Waals surface area contributed by atoms with Crippen molar-refractivity contribution in [1.29, 1.82) is 0 Å². The number of thiazole rings is 1. The number of hydrogen-bond acceptors (Lipinski definition) is 6. The van der Waals surface area contributed by atoms with Crippen LogP contribution >= 0.6 is 11.3 Å². The van der Waals surface area contributed by atoms with E-state index in [9.17, 15) is 18.4 Å². The molecule has 0 saturated carbocycles. The number of hydrogen-bond donors (Lipinski definition) is 1. The summed E-state index contributed by atoms with van der Waals surface area (Å²) >= 11 is 1.47. The Morgan fingerprint density at radius 2 is 1.82 bits per heavy atom. The summed E-state index contributed by atoms with van der Waals surface area (Å²) in [5.41, 5.74) is 2.36. The Kier molecular flexibility index (Phi) is 7.21. The van der Waals surface area contributed by atoms with Gasteiger partial charge in [-0.05, 0) is 50.7 Å². The second-order valence-corrected chi connectivity index (χ2v) is 10.9. The second-order valence-electron chi connectivity index (χ2n) is 10.00. The molecule has 11 heteroatoms. The summed E-state index contributed by atoms with van der Waals surface area (Å²) in [5.74, 6) is -1.29. The maximum absolute atomic E-state index is 15.7. The molecule has 1 aliphatic heterocycles. The number of aromatic nitrogens is 2. The molecule has 0 aliphatic carbocycles. The van der Waals surface area contributed by atoms with Gasteiger partial charge < -0.3 is 14.8 Å². The number of aryl methyl sites for hydroxylation is 1. The zero-order valence-electron chi connectivity index (χ0n) is 21.9. The molecule has 5 rings (SSSR count). The van der Waals surface area contributed by atoms with Crippen molar-refractivity contribution in [2.75, 3.05) is 30.4 Å². The van der Waals surface area contributed by atoms with Crippen molar-refractivity contribution < 1.29 is 18.0 Å². The van der Waals surface area contributed by atoms with Crippen molar-refractivity contribution in [2.45, 2.75) is 32.4 Å². The summed E-state index contributed by atoms with van der Waals surface area (Å²) in [7, 11) is 3.41. The van der Waals surface area contributed by atoms with Gasteiger partial charge in [-0.1, -0.05) is 6.07 Å². The molecule has 1 fully saturated rings. The fourth-order valence-corrected chi connectivity index (χ4v) is 5.64. The number of rotatable bonds is 5. The van der Waals surface area contributed by atoms with Crippen LogP contribution in [0.1, 0.15) is 36.2 Å². The maximum atomic E-state index is 15.7. The number of amides is 1. The fourth-order valence-electron chi connectivity index (χ4n) is 4.98. The van der Waals surface area contributed by atoms with Gasteiger partial charge in [0.05, 0.1) is 32.7 Å². The van der Waals surface area contributed by atoms with Crippen LogP contribution in [0.2, 0.25) is 0 Å². The zero-order chi connectivity index (χ0) is 28.0. The number of alkyl halides is 2. The van der Waals surface area contributed by atoms with E-state index in [2.05, 4.69) is 29.0 Å². The Morgan fingerprint density at radius 3 is 2.51 bits per heavy atom. The number of nitrogens with zero attached hydrogens (tertiary/aromatic N) is 4. The van der Waals surface area contributed by atoms with Crippen LogP contribution in [0.3, 0.4) is 0 Å². The molecule has 0 unspecified atom stereocenters. The molecule has 1 aliphatic rings. The van der Waals surface area contributed by atoms with Gasteiger partial charge in [0, 0.05) is 55.6 Å². The minimum atomic E-state index is -3.02. The smallest absolute Gasteiger partial charge is 0.264 e. The highest BCUT2D eigenvalue weighted by Crippen LogP contribution is 2.37. The van der Waals surface area contributed by atoms with Crippen molar-refractivity contribution in [3.63, 3.8) is 0 Å². The molecular weight excluding hydrogens is 527 g/mol. The van der Waals surface area contributed by atoms with Crippen molar-refractivity contribution in [1.82, 2.24) is 14.5 Å². The third-order valence-corrected chi connectivity index (χ3v) is 8.23. The Labute approximate surface area is 227 Å². The highest BCUT2D eigenvalue weighted by Gasteiger charge is 2.30. The Bertz CT molecular complexity index is 1610. The monoisotopic (exact) mass is 555 g/mol. The Balaban J connectivity index is 1.62. The molecule has 0 radical (unpaired) electrons. The summed E-state index contributed by atoms with van der Waals surface area (Å²) in [6, 6.07) is 9.41. The summed E-state index contributed by atoms with van der Waals surface area (Å²) in [6.45, 7) is 5.28. The molecule has 2 atom stereocenters. The van der Waals surface area contributed by atoms with Gasteiger partial charge in [-0.2, -0.15) is 0 Å². The minimum Gasteiger partial charge on any atom is -0.367 e. The van der Waals surface area contributed by atoms with Gasteiger partial charge >= 0.3 is 0 Å². The van der Waals surface area contributed by atoms with Crippen LogP contribution in [-0.2, 0) is 7.05 Å². The van der Waals surface area contributed by atoms with Gasteiger partial charge in [-0.15, -0.1) is 11.3 Å². The molecule has 39 heavy (non-hydrogen) atoms. The molecule has 0 bridgehead atoms. The molecule has 2 aromatic carbocycles. The molecule has 1 amide bonds. The largest absolute Gasteiger partial charge is 0.367 e. The number of carbonyl (C=O) groups is 1. The van der Waals surface area contributed by atoms with E-state index in [1.165, 1.54) is 30.5 Å². The number of likely N-dealkylation sites (N-methyl/N-ethyl adjacent to an activating group) is 1. The summed E-state index contributed by atoms with van der Waals surface area (Å²) in [6.07, 6.45) is -1.92. The maximum Gasteiger partial charge on any atom is 0.264 e. The van der Waals surface area contributed by atoms with E-state index in [1.807, 2.05) is 18.0 Å². The zero-order valence-corrected chi connectivity index (χ0v) is 22.7. The second kappa shape index (κ2) is 10.5. The molecule has 204 valence electrons. The minimum absolute atomic E-state index is 0.154. The highest BCUT2D eigenvalue weighted by molar-refractivity contribution is 7.16. The summed E-state index contributed by atoms with van der Waals surface area (Å²) in [4.78, 5) is 33.9. The van der Waals surface area contributed by atoms with Crippen molar-refractivity contribution in [3.05, 3.63) is 75.4 Å². The van der Waals surface area contributed by atoms with Gasteiger partial charge in [0.1, 0.15) is 5.82 Å². The third-order valence-electron chi connectivity index (χ3n) is 7.42. The predicted molar refractivity (Wildman–Crippen MR) is 149 cm³/mol. The van der Waals surface area contributed by atoms with Crippen LogP contribution in [-0.4, -0.2) is 52.6 Å². The predicted octanol–water partition coefficient (Wildman–Crippen LogP) is 5.52. The number of pyridine rings is 1. The van der Waals surface area contributed by atoms with E-state index < -0.39 is 29.3 Å². The molecule has 3 heterocycles. The number of carbonyl (C=O) groups excluding carboxylic acids is 1. The number of fused-ring (bicyclic) bond motifs is 1. The number of halogens is 3. The first-order valence-corrected chi connectivity index (χ1v) is 13.4. The lowest BCUT2D eigenvalue weighted by atomic mass is 10.0. The number of benzene rings is 2. The molecule has 7 nitrogen and oxygen atoms in total. The SMILES string of the molecule is C[C@@H]1CN(c2cc(F)c(-c3ccc4scnc4c3)cc2NC(=O)c2cn(C)c(=O)cc2C(F)F)C[C@H](C)N1C. The van der Waals surface area contributed by atoms with Crippen LogP contribution < -0.4 is 15.8 Å². The average molecular weight is 556 g/mol. The summed E-state index contributed by atoms with van der Waals surface area (Å²) < 4.78 is 45.3. The molecule has 1 N–H and O–H groups in total. The van der Waals surface area contributed by atoms with Crippen molar-refractivity contribution in [3.8, 4) is 11.1 Å². The van der Waals surface area contributed by atoms with Gasteiger partial charge in [0.2, 0.25) is 0 Å². The number of anilines is 2. The van der Waals surface area contributed by atoms with Crippen LogP contribution in [0.4, 0.5) is 24.5 Å². The fraction of sp³-hybridized carbons (Fsp3) is 0.321. The molecule has 0 spiro atoms. The van der Waals surface area contributed by atoms with Crippen LogP contribution in [0.25, 0.3) is 21.3 Å². The first kappa shape index (κ1) is 26.9. The van der Waals surface area contributed by atoms with E-state index in [-0.39, 0.29) is 28.9 Å². The van der Waals surface area contributed by atoms with Crippen molar-refractivity contribution >= 4 is 38.8 Å². The van der Waals surface area contributed by atoms with E-state index in [0.29, 0.717) is 24.3 Å². The van der Waals surface area contributed by atoms with E-state index in [0.717, 1.165) is 27.0 Å². The van der Waals surface area contributed by atoms with Crippen molar-refractivity contribution in [2.24, 2.45) is 7.05 Å². The van der Waals surface area contributed by atoms with E-state index in [1.54, 1.807) is 17.6 Å². The molecular formula is C28H28F3N5O2S. The molecule has 4 aromatic rings. The van der Waals surface area contributed by atoms with E-state index in [4.69, 9.17) is 0 Å². The van der Waals surface area contributed by atoms with Gasteiger partial charge in [-0.3, -0.25) is 14.5 Å². The van der Waals surface area contributed by atoms with Gasteiger partial charge in [0.15, 0.2) is 0 Å². The van der Waals surface area contributed by atoms with Crippen LogP contribution in [0.15, 0.2) is 52.9 Å². The molecule has 1 saturated heterocycles. The lowest BCUT2D eigenvalue weighted by molar-refractivity contribution is 0.101.